The highest BCUT2D eigenvalue weighted by Gasteiger charge is 2.28. The maximum Gasteiger partial charge on any atom is 0.405 e. The SMILES string of the molecule is COc1cc(-c2cccc(O)c2)ccc1CN1CCN(c2ccc(C(=O)NCC(F)(F)F)cc2)CC1. The Bertz CT molecular complexity index is 1190. The monoisotopic (exact) mass is 499 g/mol. The van der Waals surface area contributed by atoms with E-state index in [4.69, 9.17) is 4.74 Å². The van der Waals surface area contributed by atoms with E-state index in [1.54, 1.807) is 49.6 Å². The van der Waals surface area contributed by atoms with Crippen molar-refractivity contribution in [3.8, 4) is 22.6 Å². The van der Waals surface area contributed by atoms with Gasteiger partial charge in [0.1, 0.15) is 18.0 Å². The van der Waals surface area contributed by atoms with Gasteiger partial charge in [0.15, 0.2) is 0 Å². The van der Waals surface area contributed by atoms with Gasteiger partial charge in [0.2, 0.25) is 0 Å². The quantitative estimate of drug-likeness (QED) is 0.494. The third-order valence-corrected chi connectivity index (χ3v) is 6.18. The lowest BCUT2D eigenvalue weighted by Crippen LogP contribution is -2.46. The van der Waals surface area contributed by atoms with Crippen LogP contribution in [0.5, 0.6) is 11.5 Å². The molecule has 0 unspecified atom stereocenters. The van der Waals surface area contributed by atoms with E-state index in [9.17, 15) is 23.1 Å². The van der Waals surface area contributed by atoms with E-state index in [0.29, 0.717) is 0 Å². The van der Waals surface area contributed by atoms with Gasteiger partial charge in [-0.3, -0.25) is 9.69 Å². The summed E-state index contributed by atoms with van der Waals surface area (Å²) in [5.41, 5.74) is 4.08. The normalized spacial score (nSPS) is 14.5. The molecular formula is C27H28F3N3O3. The molecule has 2 N–H and O–H groups in total. The number of rotatable bonds is 7. The molecule has 0 saturated carbocycles. The van der Waals surface area contributed by atoms with E-state index in [1.165, 1.54) is 0 Å². The van der Waals surface area contributed by atoms with Crippen molar-refractivity contribution >= 4 is 11.6 Å². The molecule has 3 aromatic rings. The first-order chi connectivity index (χ1) is 17.2. The molecule has 3 aromatic carbocycles. The zero-order valence-corrected chi connectivity index (χ0v) is 19.9. The lowest BCUT2D eigenvalue weighted by Gasteiger charge is -2.36. The summed E-state index contributed by atoms with van der Waals surface area (Å²) in [6, 6.07) is 19.8. The number of carbonyl (C=O) groups excluding carboxylic acids is 1. The number of nitrogens with zero attached hydrogens (tertiary/aromatic N) is 2. The summed E-state index contributed by atoms with van der Waals surface area (Å²) in [6.07, 6.45) is -4.44. The minimum Gasteiger partial charge on any atom is -0.508 e. The van der Waals surface area contributed by atoms with Gasteiger partial charge in [-0.1, -0.05) is 24.3 Å². The summed E-state index contributed by atoms with van der Waals surface area (Å²) in [4.78, 5) is 16.4. The molecule has 1 fully saturated rings. The molecule has 190 valence electrons. The highest BCUT2D eigenvalue weighted by Crippen LogP contribution is 2.30. The van der Waals surface area contributed by atoms with Crippen molar-refractivity contribution in [2.24, 2.45) is 0 Å². The number of hydrogen-bond donors (Lipinski definition) is 2. The summed E-state index contributed by atoms with van der Waals surface area (Å²) in [7, 11) is 1.65. The molecule has 1 saturated heterocycles. The van der Waals surface area contributed by atoms with Crippen molar-refractivity contribution in [2.75, 3.05) is 44.7 Å². The highest BCUT2D eigenvalue weighted by atomic mass is 19.4. The number of nitrogens with one attached hydrogen (secondary N) is 1. The fraction of sp³-hybridized carbons (Fsp3) is 0.296. The molecule has 0 radical (unpaired) electrons. The van der Waals surface area contributed by atoms with Crippen molar-refractivity contribution in [1.82, 2.24) is 10.2 Å². The fourth-order valence-electron chi connectivity index (χ4n) is 4.25. The van der Waals surface area contributed by atoms with Crippen LogP contribution >= 0.6 is 0 Å². The molecule has 0 aromatic heterocycles. The number of phenolic OH excluding ortho intramolecular Hbond substituents is 1. The second-order valence-corrected chi connectivity index (χ2v) is 8.68. The molecule has 4 rings (SSSR count). The van der Waals surface area contributed by atoms with Gasteiger partial charge < -0.3 is 20.1 Å². The Morgan fingerprint density at radius 2 is 1.67 bits per heavy atom. The molecule has 0 atom stereocenters. The van der Waals surface area contributed by atoms with Crippen molar-refractivity contribution in [2.45, 2.75) is 12.7 Å². The Morgan fingerprint density at radius 1 is 0.972 bits per heavy atom. The third kappa shape index (κ3) is 6.48. The van der Waals surface area contributed by atoms with Crippen LogP contribution in [0.1, 0.15) is 15.9 Å². The van der Waals surface area contributed by atoms with Gasteiger partial charge in [0.25, 0.3) is 5.91 Å². The van der Waals surface area contributed by atoms with Crippen LogP contribution in [0.15, 0.2) is 66.7 Å². The summed E-state index contributed by atoms with van der Waals surface area (Å²) in [6.45, 7) is 2.59. The minimum absolute atomic E-state index is 0.197. The molecule has 1 aliphatic rings. The van der Waals surface area contributed by atoms with Crippen LogP contribution in [0, 0.1) is 0 Å². The average molecular weight is 500 g/mol. The lowest BCUT2D eigenvalue weighted by molar-refractivity contribution is -0.123. The average Bonchev–Trinajstić information content (AvgIpc) is 2.87. The number of amides is 1. The zero-order chi connectivity index (χ0) is 25.7. The number of piperazine rings is 1. The van der Waals surface area contributed by atoms with Gasteiger partial charge in [-0.25, -0.2) is 0 Å². The Labute approximate surface area is 207 Å². The molecule has 6 nitrogen and oxygen atoms in total. The van der Waals surface area contributed by atoms with E-state index >= 15 is 0 Å². The van der Waals surface area contributed by atoms with Crippen LogP contribution in [-0.4, -0.2) is 61.9 Å². The number of ether oxygens (including phenoxy) is 1. The van der Waals surface area contributed by atoms with Crippen LogP contribution in [-0.2, 0) is 6.54 Å². The van der Waals surface area contributed by atoms with Gasteiger partial charge in [-0.05, 0) is 53.6 Å². The molecule has 0 aliphatic carbocycles. The second kappa shape index (κ2) is 10.9. The van der Waals surface area contributed by atoms with Crippen LogP contribution in [0.3, 0.4) is 0 Å². The van der Waals surface area contributed by atoms with Crippen molar-refractivity contribution < 1.29 is 27.8 Å². The number of methoxy groups -OCH3 is 1. The first kappa shape index (κ1) is 25.4. The highest BCUT2D eigenvalue weighted by molar-refractivity contribution is 5.94. The van der Waals surface area contributed by atoms with E-state index in [0.717, 1.165) is 60.9 Å². The maximum absolute atomic E-state index is 12.3. The second-order valence-electron chi connectivity index (χ2n) is 8.68. The first-order valence-corrected chi connectivity index (χ1v) is 11.6. The summed E-state index contributed by atoms with van der Waals surface area (Å²) >= 11 is 0. The smallest absolute Gasteiger partial charge is 0.405 e. The maximum atomic E-state index is 12.3. The Balaban J connectivity index is 1.33. The molecule has 0 bridgehead atoms. The number of carbonyl (C=O) groups is 1. The minimum atomic E-state index is -4.44. The first-order valence-electron chi connectivity index (χ1n) is 11.6. The van der Waals surface area contributed by atoms with Crippen LogP contribution in [0.2, 0.25) is 0 Å². The lowest BCUT2D eigenvalue weighted by atomic mass is 10.0. The van der Waals surface area contributed by atoms with Gasteiger partial charge in [0.05, 0.1) is 7.11 Å². The Kier molecular flexibility index (Phi) is 7.69. The summed E-state index contributed by atoms with van der Waals surface area (Å²) < 4.78 is 42.6. The third-order valence-electron chi connectivity index (χ3n) is 6.18. The van der Waals surface area contributed by atoms with Gasteiger partial charge in [-0.2, -0.15) is 13.2 Å². The van der Waals surface area contributed by atoms with Crippen LogP contribution in [0.4, 0.5) is 18.9 Å². The number of aromatic hydroxyl groups is 1. The number of halogens is 3. The topological polar surface area (TPSA) is 65.0 Å². The van der Waals surface area contributed by atoms with Gasteiger partial charge in [0, 0.05) is 49.5 Å². The predicted octanol–water partition coefficient (Wildman–Crippen LogP) is 4.68. The van der Waals surface area contributed by atoms with E-state index < -0.39 is 18.6 Å². The molecule has 36 heavy (non-hydrogen) atoms. The number of alkyl halides is 3. The summed E-state index contributed by atoms with van der Waals surface area (Å²) in [5, 5.41) is 11.7. The van der Waals surface area contributed by atoms with Gasteiger partial charge >= 0.3 is 6.18 Å². The van der Waals surface area contributed by atoms with Crippen molar-refractivity contribution in [3.63, 3.8) is 0 Å². The number of benzene rings is 3. The Morgan fingerprint density at radius 3 is 2.31 bits per heavy atom. The Hall–Kier alpha value is -3.72. The molecule has 0 spiro atoms. The molecule has 9 heteroatoms. The molecule has 1 heterocycles. The summed E-state index contributed by atoms with van der Waals surface area (Å²) in [5.74, 6) is 0.262. The van der Waals surface area contributed by atoms with Gasteiger partial charge in [-0.15, -0.1) is 0 Å². The number of hydrogen-bond acceptors (Lipinski definition) is 5. The van der Waals surface area contributed by atoms with E-state index in [2.05, 4.69) is 9.80 Å². The van der Waals surface area contributed by atoms with Crippen molar-refractivity contribution in [3.05, 3.63) is 77.9 Å². The standard InChI is InChI=1S/C27H28F3N3O3/c1-36-25-16-21(20-3-2-4-24(34)15-20)5-6-22(25)17-32-11-13-33(14-12-32)23-9-7-19(8-10-23)26(35)31-18-27(28,29)30/h2-10,15-16,34H,11-14,17-18H2,1H3,(H,31,35). The van der Waals surface area contributed by atoms with E-state index in [-0.39, 0.29) is 11.3 Å². The molecular weight excluding hydrogens is 471 g/mol. The van der Waals surface area contributed by atoms with E-state index in [1.807, 2.05) is 29.6 Å². The fourth-order valence-corrected chi connectivity index (χ4v) is 4.25. The molecule has 1 amide bonds. The number of anilines is 1. The molecule has 1 aliphatic heterocycles. The van der Waals surface area contributed by atoms with Crippen molar-refractivity contribution in [1.29, 1.82) is 0 Å². The largest absolute Gasteiger partial charge is 0.508 e. The predicted molar refractivity (Wildman–Crippen MR) is 132 cm³/mol. The zero-order valence-electron chi connectivity index (χ0n) is 19.9. The van der Waals surface area contributed by atoms with Crippen LogP contribution < -0.4 is 15.0 Å². The van der Waals surface area contributed by atoms with Crippen LogP contribution in [0.25, 0.3) is 11.1 Å². The number of phenols is 1.